The molecular weight excluding hydrogens is 361 g/mol. The average Bonchev–Trinajstić information content (AvgIpc) is 3.04. The molecule has 0 unspecified atom stereocenters. The molecule has 0 spiro atoms. The van der Waals surface area contributed by atoms with E-state index in [0.717, 1.165) is 18.3 Å². The predicted molar refractivity (Wildman–Crippen MR) is 104 cm³/mol. The molecule has 1 saturated heterocycles. The minimum absolute atomic E-state index is 0.0190. The zero-order chi connectivity index (χ0) is 20.0. The SMILES string of the molecule is Cc1[nH]nc2nc(-c3ccc(O)cc3F)cc(C(=O)N3CCN[C@H](C)[C@@H]3C)c12. The maximum Gasteiger partial charge on any atom is 0.255 e. The fourth-order valence-corrected chi connectivity index (χ4v) is 3.69. The molecule has 2 atom stereocenters. The van der Waals surface area contributed by atoms with Crippen molar-refractivity contribution in [2.75, 3.05) is 13.1 Å². The number of hydrogen-bond acceptors (Lipinski definition) is 5. The van der Waals surface area contributed by atoms with Crippen molar-refractivity contribution in [2.45, 2.75) is 32.9 Å². The number of carbonyl (C=O) groups is 1. The number of aryl methyl sites for hydroxylation is 1. The van der Waals surface area contributed by atoms with Gasteiger partial charge in [-0.2, -0.15) is 5.10 Å². The lowest BCUT2D eigenvalue weighted by Gasteiger charge is -2.38. The zero-order valence-electron chi connectivity index (χ0n) is 16.0. The summed E-state index contributed by atoms with van der Waals surface area (Å²) in [7, 11) is 0. The number of rotatable bonds is 2. The van der Waals surface area contributed by atoms with Gasteiger partial charge in [-0.15, -0.1) is 0 Å². The largest absolute Gasteiger partial charge is 0.508 e. The number of benzene rings is 1. The maximum atomic E-state index is 14.4. The van der Waals surface area contributed by atoms with E-state index < -0.39 is 5.82 Å². The van der Waals surface area contributed by atoms with Crippen LogP contribution in [0.25, 0.3) is 22.3 Å². The van der Waals surface area contributed by atoms with E-state index in [1.807, 2.05) is 25.7 Å². The lowest BCUT2D eigenvalue weighted by Crippen LogP contribution is -2.57. The molecule has 8 heteroatoms. The van der Waals surface area contributed by atoms with E-state index in [1.54, 1.807) is 6.07 Å². The lowest BCUT2D eigenvalue weighted by atomic mass is 10.0. The molecule has 146 valence electrons. The molecular formula is C20H22FN5O2. The van der Waals surface area contributed by atoms with E-state index in [9.17, 15) is 14.3 Å². The molecule has 3 aromatic rings. The van der Waals surface area contributed by atoms with Crippen molar-refractivity contribution in [3.63, 3.8) is 0 Å². The number of aromatic amines is 1. The first kappa shape index (κ1) is 18.4. The van der Waals surface area contributed by atoms with Crippen LogP contribution in [0.2, 0.25) is 0 Å². The number of hydrogen-bond donors (Lipinski definition) is 3. The van der Waals surface area contributed by atoms with Gasteiger partial charge in [0.05, 0.1) is 16.6 Å². The average molecular weight is 383 g/mol. The Bertz CT molecular complexity index is 1060. The van der Waals surface area contributed by atoms with Gasteiger partial charge in [-0.3, -0.25) is 9.89 Å². The molecule has 1 aromatic carbocycles. The monoisotopic (exact) mass is 383 g/mol. The Balaban J connectivity index is 1.87. The number of fused-ring (bicyclic) bond motifs is 1. The summed E-state index contributed by atoms with van der Waals surface area (Å²) in [5.74, 6) is -0.905. The van der Waals surface area contributed by atoms with Crippen molar-refractivity contribution in [3.8, 4) is 17.0 Å². The molecule has 2 aromatic heterocycles. The number of halogens is 1. The maximum absolute atomic E-state index is 14.4. The number of phenols is 1. The Labute approximate surface area is 161 Å². The smallest absolute Gasteiger partial charge is 0.255 e. The highest BCUT2D eigenvalue weighted by Gasteiger charge is 2.31. The third-order valence-electron chi connectivity index (χ3n) is 5.46. The van der Waals surface area contributed by atoms with E-state index in [-0.39, 0.29) is 29.3 Å². The topological polar surface area (TPSA) is 94.1 Å². The van der Waals surface area contributed by atoms with Gasteiger partial charge in [0.15, 0.2) is 5.65 Å². The van der Waals surface area contributed by atoms with Gasteiger partial charge in [0.2, 0.25) is 0 Å². The molecule has 1 fully saturated rings. The standard InChI is InChI=1S/C20H22FN5O2/c1-10-12(3)26(7-6-22-10)20(28)15-9-17(14-5-4-13(27)8-16(14)21)23-19-18(15)11(2)24-25-19/h4-5,8-10,12,22,27H,6-7H2,1-3H3,(H,23,24,25)/t10-,12+/m1/s1. The molecule has 28 heavy (non-hydrogen) atoms. The molecule has 0 saturated carbocycles. The molecule has 1 amide bonds. The van der Waals surface area contributed by atoms with Crippen molar-refractivity contribution in [2.24, 2.45) is 0 Å². The van der Waals surface area contributed by atoms with Gasteiger partial charge in [0.25, 0.3) is 5.91 Å². The van der Waals surface area contributed by atoms with Crippen LogP contribution < -0.4 is 5.32 Å². The van der Waals surface area contributed by atoms with Gasteiger partial charge in [-0.05, 0) is 39.0 Å². The van der Waals surface area contributed by atoms with Crippen LogP contribution in [0.4, 0.5) is 4.39 Å². The fourth-order valence-electron chi connectivity index (χ4n) is 3.69. The first-order chi connectivity index (χ1) is 13.4. The summed E-state index contributed by atoms with van der Waals surface area (Å²) in [6.07, 6.45) is 0. The van der Waals surface area contributed by atoms with Crippen LogP contribution in [0.3, 0.4) is 0 Å². The van der Waals surface area contributed by atoms with Gasteiger partial charge < -0.3 is 15.3 Å². The number of carbonyl (C=O) groups excluding carboxylic acids is 1. The minimum atomic E-state index is -0.610. The van der Waals surface area contributed by atoms with E-state index in [4.69, 9.17) is 0 Å². The number of piperazine rings is 1. The van der Waals surface area contributed by atoms with Gasteiger partial charge >= 0.3 is 0 Å². The number of aromatic hydroxyl groups is 1. The van der Waals surface area contributed by atoms with Crippen molar-refractivity contribution in [3.05, 3.63) is 41.3 Å². The Morgan fingerprint density at radius 2 is 2.11 bits per heavy atom. The molecule has 0 aliphatic carbocycles. The molecule has 1 aliphatic heterocycles. The minimum Gasteiger partial charge on any atom is -0.508 e. The van der Waals surface area contributed by atoms with Crippen LogP contribution in [0.15, 0.2) is 24.3 Å². The molecule has 1 aliphatic rings. The van der Waals surface area contributed by atoms with Crippen LogP contribution in [0.5, 0.6) is 5.75 Å². The summed E-state index contributed by atoms with van der Waals surface area (Å²) in [5, 5.41) is 20.5. The second kappa shape index (κ2) is 6.87. The quantitative estimate of drug-likeness (QED) is 0.632. The van der Waals surface area contributed by atoms with E-state index in [0.29, 0.717) is 28.8 Å². The van der Waals surface area contributed by atoms with Crippen LogP contribution in [-0.4, -0.2) is 56.3 Å². The molecule has 7 nitrogen and oxygen atoms in total. The van der Waals surface area contributed by atoms with Crippen LogP contribution in [0.1, 0.15) is 29.9 Å². The predicted octanol–water partition coefficient (Wildman–Crippen LogP) is 2.60. The van der Waals surface area contributed by atoms with Crippen LogP contribution in [0, 0.1) is 12.7 Å². The number of H-pyrrole nitrogens is 1. The van der Waals surface area contributed by atoms with Crippen LogP contribution >= 0.6 is 0 Å². The van der Waals surface area contributed by atoms with Crippen molar-refractivity contribution in [1.82, 2.24) is 25.4 Å². The number of amides is 1. The summed E-state index contributed by atoms with van der Waals surface area (Å²) < 4.78 is 14.4. The Kier molecular flexibility index (Phi) is 4.50. The Hall–Kier alpha value is -3.00. The van der Waals surface area contributed by atoms with E-state index >= 15 is 0 Å². The summed E-state index contributed by atoms with van der Waals surface area (Å²) in [4.78, 5) is 19.7. The number of nitrogens with one attached hydrogen (secondary N) is 2. The molecule has 0 bridgehead atoms. The fraction of sp³-hybridized carbons (Fsp3) is 0.350. The first-order valence-corrected chi connectivity index (χ1v) is 9.25. The summed E-state index contributed by atoms with van der Waals surface area (Å²) >= 11 is 0. The summed E-state index contributed by atoms with van der Waals surface area (Å²) in [6, 6.07) is 5.67. The second-order valence-electron chi connectivity index (χ2n) is 7.25. The Morgan fingerprint density at radius 3 is 2.86 bits per heavy atom. The third-order valence-corrected chi connectivity index (χ3v) is 5.46. The van der Waals surface area contributed by atoms with Gasteiger partial charge in [-0.25, -0.2) is 9.37 Å². The summed E-state index contributed by atoms with van der Waals surface area (Å²) in [6.45, 7) is 7.20. The number of aromatic nitrogens is 3. The van der Waals surface area contributed by atoms with Crippen molar-refractivity contribution >= 4 is 16.9 Å². The van der Waals surface area contributed by atoms with E-state index in [1.165, 1.54) is 12.1 Å². The Morgan fingerprint density at radius 1 is 1.32 bits per heavy atom. The van der Waals surface area contributed by atoms with Crippen molar-refractivity contribution in [1.29, 1.82) is 0 Å². The molecule has 3 heterocycles. The summed E-state index contributed by atoms with van der Waals surface area (Å²) in [5.41, 5.74) is 2.05. The number of pyridine rings is 1. The van der Waals surface area contributed by atoms with Crippen molar-refractivity contribution < 1.29 is 14.3 Å². The lowest BCUT2D eigenvalue weighted by molar-refractivity contribution is 0.0605. The highest BCUT2D eigenvalue weighted by Crippen LogP contribution is 2.30. The number of phenolic OH excluding ortho intramolecular Hbond substituents is 1. The third kappa shape index (κ3) is 2.99. The highest BCUT2D eigenvalue weighted by atomic mass is 19.1. The number of nitrogens with zero attached hydrogens (tertiary/aromatic N) is 3. The molecule has 0 radical (unpaired) electrons. The zero-order valence-corrected chi connectivity index (χ0v) is 16.0. The van der Waals surface area contributed by atoms with Gasteiger partial charge in [-0.1, -0.05) is 0 Å². The van der Waals surface area contributed by atoms with E-state index in [2.05, 4.69) is 20.5 Å². The molecule has 3 N–H and O–H groups in total. The highest BCUT2D eigenvalue weighted by molar-refractivity contribution is 6.07. The van der Waals surface area contributed by atoms with Crippen LogP contribution in [-0.2, 0) is 0 Å². The van der Waals surface area contributed by atoms with Gasteiger partial charge in [0.1, 0.15) is 11.6 Å². The molecule has 4 rings (SSSR count). The van der Waals surface area contributed by atoms with Gasteiger partial charge in [0, 0.05) is 42.5 Å². The first-order valence-electron chi connectivity index (χ1n) is 9.25. The second-order valence-corrected chi connectivity index (χ2v) is 7.25. The normalized spacial score (nSPS) is 19.9.